The first kappa shape index (κ1) is 10.8. The topological polar surface area (TPSA) is 17.1 Å². The van der Waals surface area contributed by atoms with Gasteiger partial charge in [-0.15, -0.1) is 11.8 Å². The quantitative estimate of drug-likeness (QED) is 0.507. The Morgan fingerprint density at radius 1 is 1.38 bits per heavy atom. The van der Waals surface area contributed by atoms with E-state index in [1.807, 2.05) is 0 Å². The monoisotopic (exact) mass is 198 g/mol. The average molecular weight is 198 g/mol. The minimum absolute atomic E-state index is 0.384. The highest BCUT2D eigenvalue weighted by atomic mass is 32.2. The molecule has 2 heteroatoms. The molecule has 0 saturated heterocycles. The van der Waals surface area contributed by atoms with E-state index in [0.717, 1.165) is 30.6 Å². The van der Waals surface area contributed by atoms with Crippen molar-refractivity contribution in [1.82, 2.24) is 0 Å². The molecule has 0 heterocycles. The van der Waals surface area contributed by atoms with Gasteiger partial charge >= 0.3 is 0 Å². The normalized spacial score (nSPS) is 21.0. The van der Waals surface area contributed by atoms with Crippen molar-refractivity contribution in [2.24, 2.45) is 0 Å². The molecule has 0 aromatic heterocycles. The molecule has 0 N–H and O–H groups in total. The molecular weight excluding hydrogens is 180 g/mol. The van der Waals surface area contributed by atoms with E-state index in [0.29, 0.717) is 5.78 Å². The Hall–Kier alpha value is -0.240. The summed E-state index contributed by atoms with van der Waals surface area (Å²) in [5.41, 5.74) is 1.08. The van der Waals surface area contributed by atoms with Crippen LogP contribution in [0.25, 0.3) is 0 Å². The molecule has 0 atom stereocenters. The lowest BCUT2D eigenvalue weighted by Crippen LogP contribution is -2.07. The van der Waals surface area contributed by atoms with E-state index in [9.17, 15) is 4.79 Å². The van der Waals surface area contributed by atoms with Gasteiger partial charge in [-0.05, 0) is 36.8 Å². The number of ketones is 1. The zero-order chi connectivity index (χ0) is 9.52. The fourth-order valence-electron chi connectivity index (χ4n) is 1.41. The van der Waals surface area contributed by atoms with Gasteiger partial charge in [0.25, 0.3) is 0 Å². The van der Waals surface area contributed by atoms with Gasteiger partial charge < -0.3 is 0 Å². The Morgan fingerprint density at radius 2 is 2.15 bits per heavy atom. The van der Waals surface area contributed by atoms with Gasteiger partial charge in [-0.3, -0.25) is 4.79 Å². The van der Waals surface area contributed by atoms with Gasteiger partial charge in [0, 0.05) is 12.0 Å². The minimum atomic E-state index is 0.384. The smallest absolute Gasteiger partial charge is 0.159 e. The van der Waals surface area contributed by atoms with Crippen molar-refractivity contribution in [3.8, 4) is 0 Å². The SMILES string of the molecule is CCCCSC=C1CCCCC1=O. The zero-order valence-electron chi connectivity index (χ0n) is 8.34. The number of thioether (sulfide) groups is 1. The summed E-state index contributed by atoms with van der Waals surface area (Å²) in [6.07, 6.45) is 6.58. The highest BCUT2D eigenvalue weighted by Crippen LogP contribution is 2.22. The first-order valence-corrected chi connectivity index (χ1v) is 6.23. The van der Waals surface area contributed by atoms with Crippen LogP contribution in [-0.4, -0.2) is 11.5 Å². The number of allylic oxidation sites excluding steroid dienone is 1. The molecule has 0 aromatic carbocycles. The van der Waals surface area contributed by atoms with Crippen LogP contribution in [0, 0.1) is 0 Å². The third-order valence-corrected chi connectivity index (χ3v) is 3.28. The summed E-state index contributed by atoms with van der Waals surface area (Å²) >= 11 is 1.81. The molecule has 0 amide bonds. The molecule has 1 rings (SSSR count). The van der Waals surface area contributed by atoms with E-state index in [1.54, 1.807) is 11.8 Å². The molecule has 1 fully saturated rings. The predicted molar refractivity (Wildman–Crippen MR) is 58.9 cm³/mol. The van der Waals surface area contributed by atoms with Crippen LogP contribution >= 0.6 is 11.8 Å². The standard InChI is InChI=1S/C11H18OS/c1-2-3-8-13-9-10-6-4-5-7-11(10)12/h9H,2-8H2,1H3. The van der Waals surface area contributed by atoms with E-state index in [4.69, 9.17) is 0 Å². The molecule has 0 spiro atoms. The summed E-state index contributed by atoms with van der Waals surface area (Å²) in [5.74, 6) is 1.54. The number of Topliss-reactive ketones (excluding diaryl/α,β-unsaturated/α-hetero) is 1. The van der Waals surface area contributed by atoms with E-state index in [2.05, 4.69) is 12.3 Å². The van der Waals surface area contributed by atoms with Gasteiger partial charge in [0.1, 0.15) is 0 Å². The third-order valence-electron chi connectivity index (χ3n) is 2.30. The van der Waals surface area contributed by atoms with E-state index in [1.165, 1.54) is 19.3 Å². The number of hydrogen-bond acceptors (Lipinski definition) is 2. The van der Waals surface area contributed by atoms with Crippen molar-refractivity contribution < 1.29 is 4.79 Å². The molecule has 0 bridgehead atoms. The summed E-state index contributed by atoms with van der Waals surface area (Å²) < 4.78 is 0. The zero-order valence-corrected chi connectivity index (χ0v) is 9.16. The Bertz CT molecular complexity index is 196. The summed E-state index contributed by atoms with van der Waals surface area (Å²) in [6, 6.07) is 0. The molecule has 1 aliphatic carbocycles. The highest BCUT2D eigenvalue weighted by Gasteiger charge is 2.13. The number of carbonyl (C=O) groups is 1. The second-order valence-electron chi connectivity index (χ2n) is 3.50. The van der Waals surface area contributed by atoms with Crippen LogP contribution < -0.4 is 0 Å². The van der Waals surface area contributed by atoms with Crippen molar-refractivity contribution in [2.75, 3.05) is 5.75 Å². The molecular formula is C11H18OS. The van der Waals surface area contributed by atoms with Crippen LogP contribution in [0.5, 0.6) is 0 Å². The fraction of sp³-hybridized carbons (Fsp3) is 0.727. The molecule has 13 heavy (non-hydrogen) atoms. The third kappa shape index (κ3) is 3.99. The fourth-order valence-corrected chi connectivity index (χ4v) is 2.44. The van der Waals surface area contributed by atoms with Crippen LogP contribution in [-0.2, 0) is 4.79 Å². The van der Waals surface area contributed by atoms with Gasteiger partial charge in [0.05, 0.1) is 0 Å². The second-order valence-corrected chi connectivity index (χ2v) is 4.48. The maximum absolute atomic E-state index is 11.4. The molecule has 0 radical (unpaired) electrons. The van der Waals surface area contributed by atoms with Crippen LogP contribution in [0.4, 0.5) is 0 Å². The first-order valence-electron chi connectivity index (χ1n) is 5.18. The summed E-state index contributed by atoms with van der Waals surface area (Å²) in [6.45, 7) is 2.19. The van der Waals surface area contributed by atoms with E-state index in [-0.39, 0.29) is 0 Å². The number of rotatable bonds is 4. The lowest BCUT2D eigenvalue weighted by Gasteiger charge is -2.11. The number of hydrogen-bond donors (Lipinski definition) is 0. The van der Waals surface area contributed by atoms with Crippen LogP contribution in [0.2, 0.25) is 0 Å². The average Bonchev–Trinajstić information content (AvgIpc) is 2.15. The van der Waals surface area contributed by atoms with Crippen LogP contribution in [0.3, 0.4) is 0 Å². The summed E-state index contributed by atoms with van der Waals surface area (Å²) in [7, 11) is 0. The summed E-state index contributed by atoms with van der Waals surface area (Å²) in [4.78, 5) is 11.4. The van der Waals surface area contributed by atoms with Gasteiger partial charge in [-0.2, -0.15) is 0 Å². The van der Waals surface area contributed by atoms with E-state index < -0.39 is 0 Å². The maximum Gasteiger partial charge on any atom is 0.159 e. The number of carbonyl (C=O) groups excluding carboxylic acids is 1. The lowest BCUT2D eigenvalue weighted by molar-refractivity contribution is -0.116. The van der Waals surface area contributed by atoms with Gasteiger partial charge in [-0.1, -0.05) is 13.3 Å². The van der Waals surface area contributed by atoms with Gasteiger partial charge in [-0.25, -0.2) is 0 Å². The van der Waals surface area contributed by atoms with Crippen molar-refractivity contribution in [1.29, 1.82) is 0 Å². The molecule has 0 unspecified atom stereocenters. The summed E-state index contributed by atoms with van der Waals surface area (Å²) in [5, 5.41) is 2.09. The minimum Gasteiger partial charge on any atom is -0.295 e. The van der Waals surface area contributed by atoms with Crippen LogP contribution in [0.15, 0.2) is 11.0 Å². The molecule has 0 aliphatic heterocycles. The Morgan fingerprint density at radius 3 is 2.85 bits per heavy atom. The van der Waals surface area contributed by atoms with Crippen LogP contribution in [0.1, 0.15) is 45.4 Å². The molecule has 74 valence electrons. The molecule has 0 aromatic rings. The van der Waals surface area contributed by atoms with E-state index >= 15 is 0 Å². The maximum atomic E-state index is 11.4. The lowest BCUT2D eigenvalue weighted by atomic mass is 9.95. The Labute approximate surface area is 85.0 Å². The Balaban J connectivity index is 2.27. The van der Waals surface area contributed by atoms with Gasteiger partial charge in [0.2, 0.25) is 0 Å². The van der Waals surface area contributed by atoms with Crippen molar-refractivity contribution in [3.63, 3.8) is 0 Å². The number of unbranched alkanes of at least 4 members (excludes halogenated alkanes) is 1. The largest absolute Gasteiger partial charge is 0.295 e. The van der Waals surface area contributed by atoms with Crippen molar-refractivity contribution >= 4 is 17.5 Å². The highest BCUT2D eigenvalue weighted by molar-refractivity contribution is 8.02. The van der Waals surface area contributed by atoms with Crippen molar-refractivity contribution in [3.05, 3.63) is 11.0 Å². The Kier molecular flexibility index (Phi) is 5.21. The first-order chi connectivity index (χ1) is 6.34. The van der Waals surface area contributed by atoms with Gasteiger partial charge in [0.15, 0.2) is 5.78 Å². The van der Waals surface area contributed by atoms with Crippen molar-refractivity contribution in [2.45, 2.75) is 45.4 Å². The molecule has 1 nitrogen and oxygen atoms in total. The predicted octanol–water partition coefficient (Wildman–Crippen LogP) is 3.55. The molecule has 1 aliphatic rings. The second kappa shape index (κ2) is 6.25. The molecule has 1 saturated carbocycles.